The summed E-state index contributed by atoms with van der Waals surface area (Å²) >= 11 is 0. The number of phenolic OH excluding ortho intramolecular Hbond substituents is 2. The predicted molar refractivity (Wildman–Crippen MR) is 185 cm³/mol. The van der Waals surface area contributed by atoms with Crippen LogP contribution < -0.4 is 11.1 Å². The number of nitrogens with zero attached hydrogens (tertiary/aromatic N) is 3. The van der Waals surface area contributed by atoms with E-state index in [1.165, 1.54) is 26.4 Å². The number of carboxylic acids is 1. The van der Waals surface area contributed by atoms with Crippen LogP contribution in [0.1, 0.15) is 39.7 Å². The highest BCUT2D eigenvalue weighted by Crippen LogP contribution is 2.44. The van der Waals surface area contributed by atoms with E-state index in [-0.39, 0.29) is 40.8 Å². The molecule has 15 nitrogen and oxygen atoms in total. The maximum Gasteiger partial charge on any atom is 0.405 e. The summed E-state index contributed by atoms with van der Waals surface area (Å²) in [7, 11) is 6.61. The number of aromatic hydroxyl groups is 2. The van der Waals surface area contributed by atoms with Crippen molar-refractivity contribution in [2.45, 2.75) is 58.8 Å². The molecule has 0 fully saturated rings. The van der Waals surface area contributed by atoms with Gasteiger partial charge in [-0.25, -0.2) is 9.59 Å². The Bertz CT molecular complexity index is 1480. The number of carbonyl (C=O) groups is 3. The fourth-order valence-electron chi connectivity index (χ4n) is 5.19. The van der Waals surface area contributed by atoms with E-state index in [1.54, 1.807) is 45.2 Å². The lowest BCUT2D eigenvalue weighted by Crippen LogP contribution is -2.35. The van der Waals surface area contributed by atoms with Gasteiger partial charge in [0.2, 0.25) is 6.61 Å². The fraction of sp³-hybridized carbons (Fsp3) is 0.500. The molecular weight excluding hydrogens is 638 g/mol. The Hall–Kier alpha value is -4.73. The maximum atomic E-state index is 13.2. The molecule has 0 radical (unpaired) electrons. The highest BCUT2D eigenvalue weighted by molar-refractivity contribution is 6.05. The smallest absolute Gasteiger partial charge is 0.405 e. The zero-order chi connectivity index (χ0) is 36.8. The number of amides is 2. The molecule has 0 saturated heterocycles. The number of nitrogens with two attached hydrogens (primary N) is 1. The molecule has 1 aromatic rings. The number of aliphatic carboxylic acids is 1. The van der Waals surface area contributed by atoms with Gasteiger partial charge in [-0.15, -0.1) is 0 Å². The highest BCUT2D eigenvalue weighted by atomic mass is 16.6. The largest absolute Gasteiger partial charge is 0.506 e. The quantitative estimate of drug-likeness (QED) is 0.0825. The van der Waals surface area contributed by atoms with Crippen LogP contribution in [0.3, 0.4) is 0 Å². The second-order valence-electron chi connectivity index (χ2n) is 12.1. The Kier molecular flexibility index (Phi) is 15.9. The SMILES string of the molecule is CO[C@H]1C[C@H](C)Cc2c(O)c(cc(O)c2N=CCN(C)C)NC(=O)/C(C)=C/C=C\[C@H](OC)[C@@H](OC(N)=O)/C(C)=C/[C@H](C)/C1=N\OCC(=O)O. The van der Waals surface area contributed by atoms with Crippen molar-refractivity contribution in [3.05, 3.63) is 47.1 Å². The van der Waals surface area contributed by atoms with Crippen molar-refractivity contribution in [1.29, 1.82) is 0 Å². The van der Waals surface area contributed by atoms with Crippen LogP contribution in [0.25, 0.3) is 0 Å². The molecule has 5 atom stereocenters. The number of hydrogen-bond donors (Lipinski definition) is 5. The van der Waals surface area contributed by atoms with Gasteiger partial charge in [0.25, 0.3) is 5.91 Å². The highest BCUT2D eigenvalue weighted by Gasteiger charge is 2.29. The molecule has 15 heteroatoms. The number of carboxylic acid groups (broad SMARTS) is 1. The lowest BCUT2D eigenvalue weighted by atomic mass is 9.88. The fourth-order valence-corrected chi connectivity index (χ4v) is 5.19. The number of phenols is 2. The average molecular weight is 688 g/mol. The number of oxime groups is 1. The summed E-state index contributed by atoms with van der Waals surface area (Å²) in [6, 6.07) is 1.24. The van der Waals surface area contributed by atoms with Crippen molar-refractivity contribution in [2.24, 2.45) is 27.7 Å². The first-order valence-corrected chi connectivity index (χ1v) is 15.6. The Morgan fingerprint density at radius 3 is 2.45 bits per heavy atom. The van der Waals surface area contributed by atoms with Crippen molar-refractivity contribution in [3.8, 4) is 11.5 Å². The van der Waals surface area contributed by atoms with Crippen molar-refractivity contribution in [1.82, 2.24) is 4.90 Å². The number of primary amides is 1. The predicted octanol–water partition coefficient (Wildman–Crippen LogP) is 3.92. The second kappa shape index (κ2) is 19.3. The molecule has 0 aromatic heterocycles. The summed E-state index contributed by atoms with van der Waals surface area (Å²) in [5, 5.41) is 38.5. The second-order valence-corrected chi connectivity index (χ2v) is 12.1. The number of anilines is 1. The number of aliphatic imine (C=N–C) groups is 1. The van der Waals surface area contributed by atoms with Crippen molar-refractivity contribution in [3.63, 3.8) is 0 Å². The van der Waals surface area contributed by atoms with Gasteiger partial charge in [0.1, 0.15) is 23.3 Å². The normalized spacial score (nSPS) is 26.4. The summed E-state index contributed by atoms with van der Waals surface area (Å²) in [5.74, 6) is -3.08. The lowest BCUT2D eigenvalue weighted by Gasteiger charge is -2.27. The monoisotopic (exact) mass is 687 g/mol. The minimum atomic E-state index is -1.22. The topological polar surface area (TPSA) is 215 Å². The molecule has 49 heavy (non-hydrogen) atoms. The third kappa shape index (κ3) is 12.3. The third-order valence-electron chi connectivity index (χ3n) is 7.65. The van der Waals surface area contributed by atoms with Crippen LogP contribution in [0, 0.1) is 11.8 Å². The molecule has 1 aliphatic heterocycles. The number of ether oxygens (including phenoxy) is 3. The Labute approximate surface area is 286 Å². The van der Waals surface area contributed by atoms with Gasteiger partial charge in [-0.2, -0.15) is 0 Å². The van der Waals surface area contributed by atoms with E-state index in [0.29, 0.717) is 29.8 Å². The molecule has 0 unspecified atom stereocenters. The van der Waals surface area contributed by atoms with E-state index in [1.807, 2.05) is 25.9 Å². The van der Waals surface area contributed by atoms with E-state index < -0.39 is 48.8 Å². The number of hydrogen-bond acceptors (Lipinski definition) is 12. The standard InChI is InChI=1S/C34H49N5O10/c1-19-14-23-30(36-12-13-39(5)6)25(40)17-24(31(23)43)37-33(44)20(2)10-9-11-26(46-7)32(49-34(35)45)22(4)16-21(3)29(27(15-19)47-8)38-48-18-28(41)42/h9-12,16-17,19,21,26-27,32,40,43H,13-15,18H2,1-8H3,(H2,35,45)(H,37,44)(H,41,42)/b11-9-,20-10+,22-16+,36-12?,38-29+/t19-,21+,26+,27+,32+/m1/s1. The number of fused-ring (bicyclic) bond motifs is 2. The first kappa shape index (κ1) is 40.4. The van der Waals surface area contributed by atoms with Gasteiger partial charge in [0.15, 0.2) is 6.10 Å². The number of nitrogens with one attached hydrogen (secondary N) is 1. The Morgan fingerprint density at radius 2 is 1.86 bits per heavy atom. The van der Waals surface area contributed by atoms with Gasteiger partial charge < -0.3 is 50.3 Å². The first-order valence-electron chi connectivity index (χ1n) is 15.6. The minimum Gasteiger partial charge on any atom is -0.506 e. The summed E-state index contributed by atoms with van der Waals surface area (Å²) in [4.78, 5) is 47.8. The van der Waals surface area contributed by atoms with Crippen molar-refractivity contribution < 1.29 is 48.8 Å². The molecule has 1 aliphatic rings. The van der Waals surface area contributed by atoms with Gasteiger partial charge in [-0.3, -0.25) is 9.79 Å². The molecule has 2 bridgehead atoms. The molecule has 270 valence electrons. The van der Waals surface area contributed by atoms with Crippen molar-refractivity contribution >= 4 is 41.3 Å². The third-order valence-corrected chi connectivity index (χ3v) is 7.65. The van der Waals surface area contributed by atoms with Crippen LogP contribution in [0.15, 0.2) is 51.7 Å². The Balaban J connectivity index is 2.81. The number of carbonyl (C=O) groups excluding carboxylic acids is 2. The minimum absolute atomic E-state index is 0.0170. The van der Waals surface area contributed by atoms with E-state index in [0.717, 1.165) is 0 Å². The van der Waals surface area contributed by atoms with E-state index in [2.05, 4.69) is 15.5 Å². The lowest BCUT2D eigenvalue weighted by molar-refractivity contribution is -0.142. The number of benzene rings is 1. The van der Waals surface area contributed by atoms with Crippen LogP contribution in [0.5, 0.6) is 11.5 Å². The molecule has 0 saturated carbocycles. The van der Waals surface area contributed by atoms with E-state index >= 15 is 0 Å². The maximum absolute atomic E-state index is 13.2. The zero-order valence-electron chi connectivity index (χ0n) is 29.3. The molecule has 1 aromatic carbocycles. The molecule has 0 aliphatic carbocycles. The summed E-state index contributed by atoms with van der Waals surface area (Å²) in [6.07, 6.45) is 4.89. The molecule has 1 heterocycles. The van der Waals surface area contributed by atoms with Crippen LogP contribution in [0.4, 0.5) is 16.2 Å². The van der Waals surface area contributed by atoms with Gasteiger partial charge >= 0.3 is 12.1 Å². The molecule has 2 amide bonds. The molecular formula is C34H49N5O10. The van der Waals surface area contributed by atoms with Gasteiger partial charge in [0.05, 0.1) is 17.5 Å². The van der Waals surface area contributed by atoms with Crippen LogP contribution >= 0.6 is 0 Å². The van der Waals surface area contributed by atoms with Crippen molar-refractivity contribution in [2.75, 3.05) is 46.8 Å². The summed E-state index contributed by atoms with van der Waals surface area (Å²) in [6.45, 7) is 6.73. The summed E-state index contributed by atoms with van der Waals surface area (Å²) in [5.41, 5.74) is 6.96. The summed E-state index contributed by atoms with van der Waals surface area (Å²) < 4.78 is 16.9. The number of rotatable bonds is 9. The van der Waals surface area contributed by atoms with Crippen LogP contribution in [0.2, 0.25) is 0 Å². The first-order chi connectivity index (χ1) is 23.1. The Morgan fingerprint density at radius 1 is 1.16 bits per heavy atom. The van der Waals surface area contributed by atoms with E-state index in [4.69, 9.17) is 24.8 Å². The van der Waals surface area contributed by atoms with Crippen LogP contribution in [-0.4, -0.2) is 110 Å². The number of methoxy groups -OCH3 is 2. The van der Waals surface area contributed by atoms with Crippen LogP contribution in [-0.2, 0) is 35.1 Å². The average Bonchev–Trinajstić information content (AvgIpc) is 3.02. The van der Waals surface area contributed by atoms with Gasteiger partial charge in [0, 0.05) is 50.1 Å². The molecule has 2 rings (SSSR count). The number of allylic oxidation sites excluding steroid dienone is 3. The van der Waals surface area contributed by atoms with Gasteiger partial charge in [-0.1, -0.05) is 43.3 Å². The van der Waals surface area contributed by atoms with E-state index in [9.17, 15) is 29.7 Å². The molecule has 0 spiro atoms. The zero-order valence-corrected chi connectivity index (χ0v) is 29.3. The van der Waals surface area contributed by atoms with Gasteiger partial charge in [-0.05, 0) is 52.3 Å². The molecule has 6 N–H and O–H groups in total.